The molecule has 1 aliphatic rings. The lowest BCUT2D eigenvalue weighted by molar-refractivity contribution is -0.0227. The molecular formula is C21H30ClN5O5. The number of carbonyl (C=O) groups excluding carboxylic acids is 2. The molecule has 0 aliphatic heterocycles. The third-order valence-electron chi connectivity index (χ3n) is 5.18. The summed E-state index contributed by atoms with van der Waals surface area (Å²) in [5.41, 5.74) is -0.605. The molecule has 0 aromatic carbocycles. The summed E-state index contributed by atoms with van der Waals surface area (Å²) < 4.78 is 12.7. The number of hydrogen-bond acceptors (Lipinski definition) is 8. The van der Waals surface area contributed by atoms with Gasteiger partial charge in [0.15, 0.2) is 5.65 Å². The molecule has 2 amide bonds. The van der Waals surface area contributed by atoms with Crippen molar-refractivity contribution in [2.24, 2.45) is 5.92 Å². The van der Waals surface area contributed by atoms with Gasteiger partial charge in [-0.1, -0.05) is 6.92 Å². The molecule has 2 heterocycles. The highest BCUT2D eigenvalue weighted by Crippen LogP contribution is 2.40. The van der Waals surface area contributed by atoms with Gasteiger partial charge in [0.25, 0.3) is 0 Å². The van der Waals surface area contributed by atoms with Crippen LogP contribution in [-0.2, 0) is 9.47 Å². The number of carbonyl (C=O) groups is 2. The van der Waals surface area contributed by atoms with E-state index in [4.69, 9.17) is 21.1 Å². The number of nitrogens with zero attached hydrogens (tertiary/aromatic N) is 5. The van der Waals surface area contributed by atoms with Gasteiger partial charge in [0, 0.05) is 12.0 Å². The zero-order valence-corrected chi connectivity index (χ0v) is 20.1. The van der Waals surface area contributed by atoms with Crippen LogP contribution in [0.15, 0.2) is 12.5 Å². The predicted octanol–water partition coefficient (Wildman–Crippen LogP) is 3.96. The van der Waals surface area contributed by atoms with E-state index in [-0.39, 0.29) is 23.7 Å². The van der Waals surface area contributed by atoms with Crippen molar-refractivity contribution < 1.29 is 24.2 Å². The van der Waals surface area contributed by atoms with Crippen LogP contribution in [0.2, 0.25) is 5.28 Å². The maximum absolute atomic E-state index is 13.0. The first-order chi connectivity index (χ1) is 14.7. The fourth-order valence-electron chi connectivity index (χ4n) is 3.82. The summed E-state index contributed by atoms with van der Waals surface area (Å²) in [6.07, 6.45) is 0.608. The molecule has 1 N–H and O–H groups in total. The first-order valence-electron chi connectivity index (χ1n) is 10.5. The van der Waals surface area contributed by atoms with E-state index < -0.39 is 35.5 Å². The molecule has 2 aromatic heterocycles. The Balaban J connectivity index is 1.96. The standard InChI is InChI=1S/C21H30ClN5O5/c1-11-13(26-10-24-12-9-23-17(22)25-16(12)26)8-14(15(11)28)27(18(29)31-20(2,3)4)19(30)32-21(5,6)7/h9-11,13-15,28H,8H2,1-7H3/t11-,13-,14+,15-/m1/s1. The molecule has 0 bridgehead atoms. The Bertz CT molecular complexity index is 984. The van der Waals surface area contributed by atoms with Gasteiger partial charge in [-0.3, -0.25) is 0 Å². The average molecular weight is 468 g/mol. The highest BCUT2D eigenvalue weighted by Gasteiger charge is 2.49. The lowest BCUT2D eigenvalue weighted by atomic mass is 10.0. The highest BCUT2D eigenvalue weighted by molar-refractivity contribution is 6.28. The molecular weight excluding hydrogens is 438 g/mol. The van der Waals surface area contributed by atoms with Crippen LogP contribution in [0.4, 0.5) is 9.59 Å². The van der Waals surface area contributed by atoms with Crippen LogP contribution < -0.4 is 0 Å². The molecule has 0 unspecified atom stereocenters. The molecule has 2 aromatic rings. The topological polar surface area (TPSA) is 120 Å². The summed E-state index contributed by atoms with van der Waals surface area (Å²) in [7, 11) is 0. The van der Waals surface area contributed by atoms with E-state index in [0.29, 0.717) is 11.2 Å². The van der Waals surface area contributed by atoms with Gasteiger partial charge in [-0.25, -0.2) is 24.5 Å². The number of imide groups is 1. The van der Waals surface area contributed by atoms with Crippen molar-refractivity contribution in [1.29, 1.82) is 0 Å². The van der Waals surface area contributed by atoms with Gasteiger partial charge in [0.1, 0.15) is 16.7 Å². The van der Waals surface area contributed by atoms with E-state index in [1.54, 1.807) is 52.4 Å². The molecule has 176 valence electrons. The first-order valence-corrected chi connectivity index (χ1v) is 10.8. The third kappa shape index (κ3) is 5.12. The summed E-state index contributed by atoms with van der Waals surface area (Å²) in [6.45, 7) is 12.1. The number of halogens is 1. The lowest BCUT2D eigenvalue weighted by Crippen LogP contribution is -2.52. The maximum Gasteiger partial charge on any atom is 0.420 e. The number of imidazole rings is 1. The molecule has 0 saturated heterocycles. The van der Waals surface area contributed by atoms with Crippen molar-refractivity contribution >= 4 is 35.0 Å². The second kappa shape index (κ2) is 8.47. The Morgan fingerprint density at radius 1 is 1.12 bits per heavy atom. The van der Waals surface area contributed by atoms with Gasteiger partial charge in [-0.05, 0) is 59.6 Å². The Hall–Kier alpha value is -2.46. The van der Waals surface area contributed by atoms with Crippen LogP contribution in [0, 0.1) is 5.92 Å². The lowest BCUT2D eigenvalue weighted by Gasteiger charge is -2.33. The van der Waals surface area contributed by atoms with E-state index in [1.165, 1.54) is 6.20 Å². The minimum atomic E-state index is -1.02. The molecule has 0 radical (unpaired) electrons. The maximum atomic E-state index is 13.0. The molecule has 3 rings (SSSR count). The van der Waals surface area contributed by atoms with Crippen LogP contribution in [0.5, 0.6) is 0 Å². The number of hydrogen-bond donors (Lipinski definition) is 1. The molecule has 1 fully saturated rings. The Morgan fingerprint density at radius 3 is 2.22 bits per heavy atom. The van der Waals surface area contributed by atoms with E-state index in [0.717, 1.165) is 4.90 Å². The van der Waals surface area contributed by atoms with Crippen LogP contribution in [0.25, 0.3) is 11.2 Å². The number of ether oxygens (including phenoxy) is 2. The summed E-state index contributed by atoms with van der Waals surface area (Å²) in [5, 5.41) is 11.1. The van der Waals surface area contributed by atoms with E-state index in [2.05, 4.69) is 15.0 Å². The largest absolute Gasteiger partial charge is 0.443 e. The van der Waals surface area contributed by atoms with Crippen molar-refractivity contribution in [2.75, 3.05) is 0 Å². The second-order valence-corrected chi connectivity index (χ2v) is 10.4. The molecule has 0 spiro atoms. The van der Waals surface area contributed by atoms with Crippen molar-refractivity contribution in [3.05, 3.63) is 17.8 Å². The van der Waals surface area contributed by atoms with Crippen molar-refractivity contribution in [3.8, 4) is 0 Å². The SMILES string of the molecule is C[C@H]1[C@@H](O)[C@@H](N(C(=O)OC(C)(C)C)C(=O)OC(C)(C)C)C[C@H]1n1cnc2cnc(Cl)nc21. The van der Waals surface area contributed by atoms with Gasteiger partial charge >= 0.3 is 12.2 Å². The van der Waals surface area contributed by atoms with E-state index in [9.17, 15) is 14.7 Å². The zero-order valence-electron chi connectivity index (χ0n) is 19.4. The number of fused-ring (bicyclic) bond motifs is 1. The molecule has 11 heteroatoms. The minimum Gasteiger partial charge on any atom is -0.443 e. The van der Waals surface area contributed by atoms with E-state index >= 15 is 0 Å². The van der Waals surface area contributed by atoms with Crippen LogP contribution in [-0.4, -0.2) is 65.1 Å². The fourth-order valence-corrected chi connectivity index (χ4v) is 3.95. The molecule has 10 nitrogen and oxygen atoms in total. The number of rotatable bonds is 2. The fraction of sp³-hybridized carbons (Fsp3) is 0.667. The van der Waals surface area contributed by atoms with Crippen molar-refractivity contribution in [2.45, 2.75) is 84.3 Å². The third-order valence-corrected chi connectivity index (χ3v) is 5.36. The normalized spacial score (nSPS) is 23.9. The summed E-state index contributed by atoms with van der Waals surface area (Å²) in [4.78, 5) is 39.4. The zero-order chi connectivity index (χ0) is 24.0. The van der Waals surface area contributed by atoms with Crippen LogP contribution in [0.3, 0.4) is 0 Å². The molecule has 4 atom stereocenters. The van der Waals surface area contributed by atoms with Gasteiger partial charge < -0.3 is 19.1 Å². The number of aromatic nitrogens is 4. The monoisotopic (exact) mass is 467 g/mol. The summed E-state index contributed by atoms with van der Waals surface area (Å²) >= 11 is 5.96. The van der Waals surface area contributed by atoms with Gasteiger partial charge in [0.05, 0.1) is 24.7 Å². The molecule has 32 heavy (non-hydrogen) atoms. The molecule has 1 aliphatic carbocycles. The van der Waals surface area contributed by atoms with Crippen LogP contribution in [0.1, 0.15) is 60.9 Å². The molecule has 1 saturated carbocycles. The quantitative estimate of drug-likeness (QED) is 0.659. The summed E-state index contributed by atoms with van der Waals surface area (Å²) in [6, 6.07) is -1.17. The smallest absolute Gasteiger partial charge is 0.420 e. The first kappa shape index (κ1) is 24.2. The summed E-state index contributed by atoms with van der Waals surface area (Å²) in [5.74, 6) is -0.335. The highest BCUT2D eigenvalue weighted by atomic mass is 35.5. The Labute approximate surface area is 191 Å². The van der Waals surface area contributed by atoms with Crippen molar-refractivity contribution in [3.63, 3.8) is 0 Å². The number of aliphatic hydroxyl groups excluding tert-OH is 1. The van der Waals surface area contributed by atoms with Gasteiger partial charge in [0.2, 0.25) is 5.28 Å². The second-order valence-electron chi connectivity index (χ2n) is 10.1. The van der Waals surface area contributed by atoms with E-state index in [1.807, 2.05) is 6.92 Å². The predicted molar refractivity (Wildman–Crippen MR) is 117 cm³/mol. The minimum absolute atomic E-state index is 0.0751. The van der Waals surface area contributed by atoms with Gasteiger partial charge in [-0.2, -0.15) is 4.98 Å². The van der Waals surface area contributed by atoms with Crippen LogP contribution >= 0.6 is 11.6 Å². The van der Waals surface area contributed by atoms with Crippen molar-refractivity contribution in [1.82, 2.24) is 24.4 Å². The average Bonchev–Trinajstić information content (AvgIpc) is 3.14. The number of aliphatic hydroxyl groups is 1. The Morgan fingerprint density at radius 2 is 1.69 bits per heavy atom. The Kier molecular flexibility index (Phi) is 6.41. The number of amides is 2. The van der Waals surface area contributed by atoms with Gasteiger partial charge in [-0.15, -0.1) is 0 Å².